The molecule has 1 unspecified atom stereocenters. The maximum atomic E-state index is 12.4. The summed E-state index contributed by atoms with van der Waals surface area (Å²) in [6, 6.07) is 11.1. The second-order valence-electron chi connectivity index (χ2n) is 5.28. The highest BCUT2D eigenvalue weighted by Crippen LogP contribution is 2.27. The van der Waals surface area contributed by atoms with Crippen molar-refractivity contribution in [3.8, 4) is 11.6 Å². The van der Waals surface area contributed by atoms with Gasteiger partial charge in [-0.25, -0.2) is 0 Å². The number of nitrogens with zero attached hydrogens (tertiary/aromatic N) is 3. The van der Waals surface area contributed by atoms with Gasteiger partial charge in [0, 0.05) is 16.7 Å². The number of hydrogen-bond acceptors (Lipinski definition) is 5. The van der Waals surface area contributed by atoms with E-state index in [1.807, 2.05) is 54.8 Å². The Morgan fingerprint density at radius 3 is 2.72 bits per heavy atom. The lowest BCUT2D eigenvalue weighted by Gasteiger charge is -2.12. The lowest BCUT2D eigenvalue weighted by atomic mass is 10.3. The first-order chi connectivity index (χ1) is 12.1. The average molecular weight is 421 g/mol. The molecule has 0 aliphatic carbocycles. The zero-order valence-corrected chi connectivity index (χ0v) is 16.2. The highest BCUT2D eigenvalue weighted by molar-refractivity contribution is 9.10. The molecular weight excluding hydrogens is 404 g/mol. The quantitative estimate of drug-likeness (QED) is 0.596. The van der Waals surface area contributed by atoms with Crippen LogP contribution in [0.1, 0.15) is 13.8 Å². The van der Waals surface area contributed by atoms with Gasteiger partial charge in [0.15, 0.2) is 16.7 Å². The number of aromatic nitrogens is 3. The van der Waals surface area contributed by atoms with Gasteiger partial charge in [-0.3, -0.25) is 9.36 Å². The van der Waals surface area contributed by atoms with Gasteiger partial charge >= 0.3 is 0 Å². The monoisotopic (exact) mass is 420 g/mol. The lowest BCUT2D eigenvalue weighted by molar-refractivity contribution is -0.115. The van der Waals surface area contributed by atoms with Crippen LogP contribution in [0.4, 0.5) is 5.69 Å². The van der Waals surface area contributed by atoms with Crippen molar-refractivity contribution in [3.63, 3.8) is 0 Å². The second-order valence-corrected chi connectivity index (χ2v) is 7.51. The SMILES string of the molecule is CCn1c(SC(C)C(=O)Nc2ccc(Br)cc2)nnc1-c1ccco1. The van der Waals surface area contributed by atoms with Gasteiger partial charge in [-0.2, -0.15) is 0 Å². The average Bonchev–Trinajstić information content (AvgIpc) is 3.25. The summed E-state index contributed by atoms with van der Waals surface area (Å²) in [6.45, 7) is 4.54. The number of furan rings is 1. The van der Waals surface area contributed by atoms with Crippen LogP contribution in [0.3, 0.4) is 0 Å². The van der Waals surface area contributed by atoms with E-state index in [-0.39, 0.29) is 11.2 Å². The minimum absolute atomic E-state index is 0.0856. The van der Waals surface area contributed by atoms with E-state index < -0.39 is 0 Å². The molecule has 130 valence electrons. The van der Waals surface area contributed by atoms with E-state index in [0.717, 1.165) is 10.2 Å². The molecule has 3 aromatic rings. The number of thioether (sulfide) groups is 1. The largest absolute Gasteiger partial charge is 0.461 e. The van der Waals surface area contributed by atoms with Crippen molar-refractivity contribution in [2.24, 2.45) is 0 Å². The van der Waals surface area contributed by atoms with E-state index in [4.69, 9.17) is 4.42 Å². The van der Waals surface area contributed by atoms with E-state index in [9.17, 15) is 4.79 Å². The molecule has 1 aromatic carbocycles. The Bertz CT molecular complexity index is 846. The van der Waals surface area contributed by atoms with Crippen molar-refractivity contribution >= 4 is 39.3 Å². The van der Waals surface area contributed by atoms with Gasteiger partial charge in [-0.1, -0.05) is 27.7 Å². The molecule has 0 spiro atoms. The topological polar surface area (TPSA) is 73.0 Å². The Labute approximate surface area is 158 Å². The number of nitrogens with one attached hydrogen (secondary N) is 1. The minimum Gasteiger partial charge on any atom is -0.461 e. The van der Waals surface area contributed by atoms with Crippen molar-refractivity contribution in [3.05, 3.63) is 47.1 Å². The minimum atomic E-state index is -0.317. The number of halogens is 1. The summed E-state index contributed by atoms with van der Waals surface area (Å²) in [4.78, 5) is 12.4. The molecule has 0 fully saturated rings. The van der Waals surface area contributed by atoms with E-state index in [2.05, 4.69) is 31.4 Å². The number of rotatable bonds is 6. The van der Waals surface area contributed by atoms with Gasteiger partial charge in [-0.05, 0) is 50.2 Å². The third-order valence-electron chi connectivity index (χ3n) is 3.54. The highest BCUT2D eigenvalue weighted by atomic mass is 79.9. The molecule has 0 aliphatic heterocycles. The van der Waals surface area contributed by atoms with E-state index in [1.165, 1.54) is 11.8 Å². The number of benzene rings is 1. The fourth-order valence-electron chi connectivity index (χ4n) is 2.24. The van der Waals surface area contributed by atoms with Crippen LogP contribution >= 0.6 is 27.7 Å². The van der Waals surface area contributed by atoms with Gasteiger partial charge in [-0.15, -0.1) is 10.2 Å². The van der Waals surface area contributed by atoms with Gasteiger partial charge in [0.25, 0.3) is 0 Å². The fraction of sp³-hybridized carbons (Fsp3) is 0.235. The van der Waals surface area contributed by atoms with E-state index >= 15 is 0 Å². The summed E-state index contributed by atoms with van der Waals surface area (Å²) in [7, 11) is 0. The van der Waals surface area contributed by atoms with Crippen LogP contribution in [0.5, 0.6) is 0 Å². The first kappa shape index (κ1) is 17.8. The number of carbonyl (C=O) groups excluding carboxylic acids is 1. The molecule has 0 aliphatic rings. The molecule has 3 rings (SSSR count). The molecule has 2 aromatic heterocycles. The molecule has 1 amide bonds. The lowest BCUT2D eigenvalue weighted by Crippen LogP contribution is -2.22. The van der Waals surface area contributed by atoms with Gasteiger partial charge < -0.3 is 9.73 Å². The van der Waals surface area contributed by atoms with Gasteiger partial charge in [0.05, 0.1) is 11.5 Å². The second kappa shape index (κ2) is 7.88. The number of carbonyl (C=O) groups is 1. The zero-order valence-electron chi connectivity index (χ0n) is 13.8. The van der Waals surface area contributed by atoms with Gasteiger partial charge in [0.2, 0.25) is 5.91 Å². The highest BCUT2D eigenvalue weighted by Gasteiger charge is 2.21. The molecule has 2 heterocycles. The summed E-state index contributed by atoms with van der Waals surface area (Å²) >= 11 is 4.75. The Morgan fingerprint density at radius 1 is 1.32 bits per heavy atom. The molecule has 0 saturated carbocycles. The summed E-state index contributed by atoms with van der Waals surface area (Å²) in [6.07, 6.45) is 1.60. The summed E-state index contributed by atoms with van der Waals surface area (Å²) in [5.74, 6) is 1.24. The molecule has 6 nitrogen and oxygen atoms in total. The summed E-state index contributed by atoms with van der Waals surface area (Å²) in [5, 5.41) is 11.7. The maximum absolute atomic E-state index is 12.4. The van der Waals surface area contributed by atoms with Crippen LogP contribution in [0.15, 0.2) is 56.7 Å². The smallest absolute Gasteiger partial charge is 0.237 e. The van der Waals surface area contributed by atoms with Crippen molar-refractivity contribution in [2.45, 2.75) is 30.8 Å². The van der Waals surface area contributed by atoms with Crippen molar-refractivity contribution in [2.75, 3.05) is 5.32 Å². The third kappa shape index (κ3) is 4.13. The molecule has 1 atom stereocenters. The van der Waals surface area contributed by atoms with Crippen LogP contribution in [0, 0.1) is 0 Å². The Hall–Kier alpha value is -2.06. The van der Waals surface area contributed by atoms with Crippen LogP contribution in [0.2, 0.25) is 0 Å². The predicted molar refractivity (Wildman–Crippen MR) is 101 cm³/mol. The first-order valence-corrected chi connectivity index (χ1v) is 9.46. The predicted octanol–water partition coefficient (Wildman–Crippen LogP) is 4.44. The Morgan fingerprint density at radius 2 is 2.08 bits per heavy atom. The molecule has 25 heavy (non-hydrogen) atoms. The normalized spacial score (nSPS) is 12.1. The summed E-state index contributed by atoms with van der Waals surface area (Å²) < 4.78 is 8.31. The van der Waals surface area contributed by atoms with E-state index in [1.54, 1.807) is 6.26 Å². The molecule has 0 bridgehead atoms. The maximum Gasteiger partial charge on any atom is 0.237 e. The number of amides is 1. The standard InChI is InChI=1S/C17H17BrN4O2S/c1-3-22-15(14-5-4-10-24-14)20-21-17(22)25-11(2)16(23)19-13-8-6-12(18)7-9-13/h4-11H,3H2,1-2H3,(H,19,23). The Kier molecular flexibility index (Phi) is 5.60. The van der Waals surface area contributed by atoms with Crippen molar-refractivity contribution < 1.29 is 9.21 Å². The van der Waals surface area contributed by atoms with Crippen LogP contribution < -0.4 is 5.32 Å². The van der Waals surface area contributed by atoms with Crippen LogP contribution in [-0.4, -0.2) is 25.9 Å². The summed E-state index contributed by atoms with van der Waals surface area (Å²) in [5.41, 5.74) is 0.758. The van der Waals surface area contributed by atoms with Crippen LogP contribution in [-0.2, 0) is 11.3 Å². The van der Waals surface area contributed by atoms with Crippen molar-refractivity contribution in [1.82, 2.24) is 14.8 Å². The molecule has 1 N–H and O–H groups in total. The van der Waals surface area contributed by atoms with Gasteiger partial charge in [0.1, 0.15) is 0 Å². The first-order valence-electron chi connectivity index (χ1n) is 7.78. The number of anilines is 1. The molecular formula is C17H17BrN4O2S. The third-order valence-corrected chi connectivity index (χ3v) is 5.15. The van der Waals surface area contributed by atoms with E-state index in [0.29, 0.717) is 23.3 Å². The number of hydrogen-bond donors (Lipinski definition) is 1. The van der Waals surface area contributed by atoms with Crippen LogP contribution in [0.25, 0.3) is 11.6 Å². The zero-order chi connectivity index (χ0) is 17.8. The Balaban J connectivity index is 1.71. The van der Waals surface area contributed by atoms with Crippen molar-refractivity contribution in [1.29, 1.82) is 0 Å². The molecule has 0 radical (unpaired) electrons. The molecule has 8 heteroatoms. The fourth-order valence-corrected chi connectivity index (χ4v) is 3.42. The molecule has 0 saturated heterocycles.